The van der Waals surface area contributed by atoms with Crippen molar-refractivity contribution in [2.24, 2.45) is 17.3 Å². The zero-order valence-electron chi connectivity index (χ0n) is 10.3. The van der Waals surface area contributed by atoms with E-state index in [1.165, 1.54) is 0 Å². The van der Waals surface area contributed by atoms with Crippen molar-refractivity contribution in [1.29, 1.82) is 0 Å². The van der Waals surface area contributed by atoms with Gasteiger partial charge >= 0.3 is 5.97 Å². The molecule has 0 heterocycles. The van der Waals surface area contributed by atoms with Crippen molar-refractivity contribution in [2.45, 2.75) is 52.6 Å². The third kappa shape index (κ3) is 2.13. The van der Waals surface area contributed by atoms with Gasteiger partial charge in [-0.15, -0.1) is 0 Å². The van der Waals surface area contributed by atoms with Gasteiger partial charge in [-0.1, -0.05) is 0 Å². The van der Waals surface area contributed by atoms with Gasteiger partial charge < -0.3 is 4.74 Å². The summed E-state index contributed by atoms with van der Waals surface area (Å²) in [6, 6.07) is 0. The van der Waals surface area contributed by atoms with Gasteiger partial charge in [-0.2, -0.15) is 0 Å². The summed E-state index contributed by atoms with van der Waals surface area (Å²) in [5, 5.41) is 0. The van der Waals surface area contributed by atoms with Crippen LogP contribution in [0.4, 0.5) is 0 Å². The average Bonchev–Trinajstić information content (AvgIpc) is 2.17. The van der Waals surface area contributed by atoms with Gasteiger partial charge in [0.2, 0.25) is 0 Å². The first-order valence-electron chi connectivity index (χ1n) is 6.11. The second kappa shape index (κ2) is 3.86. The number of hydrogen-bond donors (Lipinski definition) is 0. The Morgan fingerprint density at radius 3 is 2.56 bits per heavy atom. The molecular formula is C13H20O3. The number of hydrogen-bond acceptors (Lipinski definition) is 3. The fraction of sp³-hybridized carbons (Fsp3) is 0.846. The van der Waals surface area contributed by atoms with Crippen molar-refractivity contribution in [1.82, 2.24) is 0 Å². The maximum atomic E-state index is 11.7. The Hall–Kier alpha value is -0.860. The minimum absolute atomic E-state index is 0.0303. The number of carbonyl (C=O) groups is 2. The average molecular weight is 224 g/mol. The summed E-state index contributed by atoms with van der Waals surface area (Å²) in [5.41, 5.74) is -0.444. The van der Waals surface area contributed by atoms with Crippen LogP contribution in [0, 0.1) is 17.3 Å². The van der Waals surface area contributed by atoms with Crippen LogP contribution < -0.4 is 0 Å². The Balaban J connectivity index is 1.88. The van der Waals surface area contributed by atoms with Crippen LogP contribution >= 0.6 is 0 Å². The molecule has 90 valence electrons. The molecule has 0 amide bonds. The molecule has 0 unspecified atom stereocenters. The lowest BCUT2D eigenvalue weighted by Crippen LogP contribution is -2.44. The first-order valence-corrected chi connectivity index (χ1v) is 6.11. The zero-order chi connectivity index (χ0) is 11.9. The number of carbonyl (C=O) groups excluding carboxylic acids is 2. The van der Waals surface area contributed by atoms with E-state index in [2.05, 4.69) is 0 Å². The summed E-state index contributed by atoms with van der Waals surface area (Å²) in [6.45, 7) is 5.57. The highest BCUT2D eigenvalue weighted by Gasteiger charge is 2.44. The van der Waals surface area contributed by atoms with Crippen LogP contribution in [0.5, 0.6) is 0 Å². The van der Waals surface area contributed by atoms with Crippen molar-refractivity contribution >= 4 is 11.8 Å². The largest absolute Gasteiger partial charge is 0.462 e. The van der Waals surface area contributed by atoms with Gasteiger partial charge in [0, 0.05) is 12.3 Å². The molecule has 3 nitrogen and oxygen atoms in total. The third-order valence-corrected chi connectivity index (χ3v) is 3.71. The smallest absolute Gasteiger partial charge is 0.311 e. The number of ketones is 1. The molecule has 0 aromatic heterocycles. The molecule has 2 saturated carbocycles. The first kappa shape index (κ1) is 11.6. The molecule has 3 heteroatoms. The molecule has 2 rings (SSSR count). The normalized spacial score (nSPS) is 33.9. The van der Waals surface area contributed by atoms with E-state index in [0.717, 1.165) is 25.7 Å². The van der Waals surface area contributed by atoms with Gasteiger partial charge in [0.1, 0.15) is 11.9 Å². The predicted molar refractivity (Wildman–Crippen MR) is 59.8 cm³/mol. The second-order valence-electron chi connectivity index (χ2n) is 6.13. The van der Waals surface area contributed by atoms with Crippen LogP contribution in [0.3, 0.4) is 0 Å². The molecule has 2 aliphatic rings. The van der Waals surface area contributed by atoms with Gasteiger partial charge in [0.05, 0.1) is 5.41 Å². The van der Waals surface area contributed by atoms with Crippen LogP contribution in [0.25, 0.3) is 0 Å². The van der Waals surface area contributed by atoms with Crippen LogP contribution in [0.15, 0.2) is 0 Å². The summed E-state index contributed by atoms with van der Waals surface area (Å²) in [5.74, 6) is 0.979. The van der Waals surface area contributed by atoms with Gasteiger partial charge in [-0.05, 0) is 46.0 Å². The Bertz CT molecular complexity index is 314. The van der Waals surface area contributed by atoms with E-state index in [9.17, 15) is 9.59 Å². The Kier molecular flexibility index (Phi) is 2.81. The van der Waals surface area contributed by atoms with Crippen molar-refractivity contribution in [3.8, 4) is 0 Å². The fourth-order valence-corrected chi connectivity index (χ4v) is 2.52. The van der Waals surface area contributed by atoms with Gasteiger partial charge in [-0.25, -0.2) is 0 Å². The highest BCUT2D eigenvalue weighted by molar-refractivity contribution is 5.87. The van der Waals surface area contributed by atoms with E-state index in [0.29, 0.717) is 11.7 Å². The third-order valence-electron chi connectivity index (χ3n) is 3.71. The molecule has 0 N–H and O–H groups in total. The molecule has 2 aliphatic carbocycles. The predicted octanol–water partition coefficient (Wildman–Crippen LogP) is 2.33. The van der Waals surface area contributed by atoms with Crippen molar-refractivity contribution < 1.29 is 14.3 Å². The molecule has 0 aliphatic heterocycles. The van der Waals surface area contributed by atoms with E-state index in [1.807, 2.05) is 20.8 Å². The summed E-state index contributed by atoms with van der Waals surface area (Å²) in [4.78, 5) is 23.1. The highest BCUT2D eigenvalue weighted by atomic mass is 16.5. The Labute approximate surface area is 96.5 Å². The van der Waals surface area contributed by atoms with Crippen LogP contribution in [0.2, 0.25) is 0 Å². The number of ether oxygens (including phenoxy) is 1. The number of fused-ring (bicyclic) bond motifs is 1. The van der Waals surface area contributed by atoms with Gasteiger partial charge in [-0.3, -0.25) is 9.59 Å². The molecule has 3 atom stereocenters. The lowest BCUT2D eigenvalue weighted by atomic mass is 9.64. The Morgan fingerprint density at radius 2 is 2.00 bits per heavy atom. The van der Waals surface area contributed by atoms with Gasteiger partial charge in [0.15, 0.2) is 0 Å². The first-order chi connectivity index (χ1) is 7.38. The van der Waals surface area contributed by atoms with E-state index >= 15 is 0 Å². The summed E-state index contributed by atoms with van der Waals surface area (Å²) < 4.78 is 5.47. The fourth-order valence-electron chi connectivity index (χ4n) is 2.52. The highest BCUT2D eigenvalue weighted by Crippen LogP contribution is 2.43. The Morgan fingerprint density at radius 1 is 1.31 bits per heavy atom. The molecular weight excluding hydrogens is 204 g/mol. The lowest BCUT2D eigenvalue weighted by Gasteiger charge is -2.42. The minimum Gasteiger partial charge on any atom is -0.462 e. The number of esters is 1. The molecule has 0 bridgehead atoms. The topological polar surface area (TPSA) is 43.4 Å². The lowest BCUT2D eigenvalue weighted by molar-refractivity contribution is -0.165. The van der Waals surface area contributed by atoms with Crippen molar-refractivity contribution in [2.75, 3.05) is 0 Å². The standard InChI is InChI=1S/C13H20O3/c1-13(2,3)12(15)16-9-5-4-8-6-11(14)10(8)7-9/h8-10H,4-7H2,1-3H3/t8-,9-,10-/m0/s1. The minimum atomic E-state index is -0.444. The number of Topliss-reactive ketones (excluding diaryl/α,β-unsaturated/α-hetero) is 1. The van der Waals surface area contributed by atoms with Gasteiger partial charge in [0.25, 0.3) is 0 Å². The number of rotatable bonds is 1. The van der Waals surface area contributed by atoms with E-state index in [4.69, 9.17) is 4.74 Å². The maximum Gasteiger partial charge on any atom is 0.311 e. The molecule has 0 spiro atoms. The van der Waals surface area contributed by atoms with Crippen molar-refractivity contribution in [3.05, 3.63) is 0 Å². The molecule has 0 aromatic carbocycles. The SMILES string of the molecule is CC(C)(C)C(=O)O[C@H]1CC[C@H]2CC(=O)[C@H]2C1. The summed E-state index contributed by atoms with van der Waals surface area (Å²) >= 11 is 0. The van der Waals surface area contributed by atoms with Crippen LogP contribution in [-0.4, -0.2) is 17.9 Å². The second-order valence-corrected chi connectivity index (χ2v) is 6.13. The molecule has 0 aromatic rings. The summed E-state index contributed by atoms with van der Waals surface area (Å²) in [7, 11) is 0. The van der Waals surface area contributed by atoms with E-state index in [1.54, 1.807) is 0 Å². The van der Waals surface area contributed by atoms with E-state index < -0.39 is 5.41 Å². The zero-order valence-corrected chi connectivity index (χ0v) is 10.3. The molecule has 0 saturated heterocycles. The van der Waals surface area contributed by atoms with Crippen molar-refractivity contribution in [3.63, 3.8) is 0 Å². The molecule has 16 heavy (non-hydrogen) atoms. The maximum absolute atomic E-state index is 11.7. The molecule has 0 radical (unpaired) electrons. The monoisotopic (exact) mass is 224 g/mol. The van der Waals surface area contributed by atoms with Crippen LogP contribution in [0.1, 0.15) is 46.5 Å². The van der Waals surface area contributed by atoms with Crippen LogP contribution in [-0.2, 0) is 14.3 Å². The van der Waals surface area contributed by atoms with E-state index in [-0.39, 0.29) is 18.0 Å². The molecule has 2 fully saturated rings. The summed E-state index contributed by atoms with van der Waals surface area (Å²) in [6.07, 6.45) is 3.45. The quantitative estimate of drug-likeness (QED) is 0.642.